The van der Waals surface area contributed by atoms with Gasteiger partial charge in [0.2, 0.25) is 0 Å². The molecule has 0 saturated heterocycles. The highest BCUT2D eigenvalue weighted by Gasteiger charge is 2.13. The molecule has 1 nitrogen and oxygen atoms in total. The summed E-state index contributed by atoms with van der Waals surface area (Å²) in [4.78, 5) is 3.64. The Balaban J connectivity index is 2.23. The van der Waals surface area contributed by atoms with Crippen molar-refractivity contribution in [1.82, 2.24) is 4.90 Å². The van der Waals surface area contributed by atoms with Crippen molar-refractivity contribution >= 4 is 21.4 Å². The zero-order chi connectivity index (χ0) is 13.2. The third-order valence-electron chi connectivity index (χ3n) is 3.21. The molecule has 0 amide bonds. The summed E-state index contributed by atoms with van der Waals surface area (Å²) in [7, 11) is 4.25. The highest BCUT2D eigenvalue weighted by atomic mass is 32.1. The van der Waals surface area contributed by atoms with Crippen LogP contribution in [0.15, 0.2) is 54.6 Å². The molecule has 19 heavy (non-hydrogen) atoms. The van der Waals surface area contributed by atoms with E-state index in [0.29, 0.717) is 0 Å². The van der Waals surface area contributed by atoms with Crippen molar-refractivity contribution < 1.29 is 0 Å². The summed E-state index contributed by atoms with van der Waals surface area (Å²) >= 11 is 1.89. The summed E-state index contributed by atoms with van der Waals surface area (Å²) in [6, 6.07) is 19.4. The van der Waals surface area contributed by atoms with Gasteiger partial charge in [0.1, 0.15) is 0 Å². The van der Waals surface area contributed by atoms with Gasteiger partial charge in [-0.2, -0.15) is 0 Å². The molecule has 0 saturated carbocycles. The molecule has 0 atom stereocenters. The molecular formula is C17H17NS. The number of hydrogen-bond donors (Lipinski definition) is 0. The molecule has 0 aliphatic heterocycles. The third-order valence-corrected chi connectivity index (χ3v) is 4.47. The fraction of sp³-hybridized carbons (Fsp3) is 0.176. The Kier molecular flexibility index (Phi) is 3.36. The molecule has 1 aromatic heterocycles. The summed E-state index contributed by atoms with van der Waals surface area (Å²) in [5.74, 6) is 0. The van der Waals surface area contributed by atoms with E-state index in [2.05, 4.69) is 73.6 Å². The molecule has 0 N–H and O–H groups in total. The van der Waals surface area contributed by atoms with Crippen molar-refractivity contribution in [2.45, 2.75) is 6.54 Å². The highest BCUT2D eigenvalue weighted by molar-refractivity contribution is 7.22. The number of benzene rings is 2. The topological polar surface area (TPSA) is 3.24 Å². The van der Waals surface area contributed by atoms with Crippen LogP contribution in [0.2, 0.25) is 0 Å². The molecule has 0 aliphatic carbocycles. The molecule has 0 spiro atoms. The van der Waals surface area contributed by atoms with Crippen molar-refractivity contribution in [3.63, 3.8) is 0 Å². The van der Waals surface area contributed by atoms with E-state index in [0.717, 1.165) is 6.54 Å². The molecule has 0 aliphatic rings. The molecule has 0 radical (unpaired) electrons. The second-order valence-corrected chi connectivity index (χ2v) is 6.06. The normalized spacial score (nSPS) is 11.3. The van der Waals surface area contributed by atoms with Crippen LogP contribution in [-0.4, -0.2) is 19.0 Å². The summed E-state index contributed by atoms with van der Waals surface area (Å²) in [5, 5.41) is 1.39. The van der Waals surface area contributed by atoms with Gasteiger partial charge >= 0.3 is 0 Å². The fourth-order valence-electron chi connectivity index (χ4n) is 2.39. The summed E-state index contributed by atoms with van der Waals surface area (Å²) < 4.78 is 1.37. The Morgan fingerprint density at radius 1 is 0.895 bits per heavy atom. The number of fused-ring (bicyclic) bond motifs is 1. The molecule has 0 fully saturated rings. The van der Waals surface area contributed by atoms with Gasteiger partial charge in [-0.15, -0.1) is 11.3 Å². The maximum Gasteiger partial charge on any atom is 0.0400 e. The van der Waals surface area contributed by atoms with Crippen LogP contribution >= 0.6 is 11.3 Å². The van der Waals surface area contributed by atoms with Gasteiger partial charge in [-0.3, -0.25) is 0 Å². The molecule has 3 rings (SSSR count). The molecule has 2 aromatic carbocycles. The van der Waals surface area contributed by atoms with Crippen LogP contribution in [-0.2, 0) is 6.54 Å². The molecule has 3 aromatic rings. The van der Waals surface area contributed by atoms with Gasteiger partial charge < -0.3 is 4.90 Å². The van der Waals surface area contributed by atoms with Gasteiger partial charge in [-0.1, -0.05) is 48.5 Å². The lowest BCUT2D eigenvalue weighted by Gasteiger charge is -2.11. The molecule has 1 heterocycles. The Morgan fingerprint density at radius 3 is 2.32 bits per heavy atom. The quantitative estimate of drug-likeness (QED) is 0.668. The lowest BCUT2D eigenvalue weighted by molar-refractivity contribution is 0.405. The average molecular weight is 267 g/mol. The Bertz CT molecular complexity index is 683. The summed E-state index contributed by atoms with van der Waals surface area (Å²) in [6.07, 6.45) is 0. The Labute approximate surface area is 118 Å². The SMILES string of the molecule is CN(C)Cc1c(-c2ccccc2)sc2ccccc12. The average Bonchev–Trinajstić information content (AvgIpc) is 2.78. The predicted molar refractivity (Wildman–Crippen MR) is 84.7 cm³/mol. The minimum absolute atomic E-state index is 0.980. The van der Waals surface area contributed by atoms with Crippen LogP contribution < -0.4 is 0 Å². The lowest BCUT2D eigenvalue weighted by atomic mass is 10.1. The highest BCUT2D eigenvalue weighted by Crippen LogP contribution is 2.38. The van der Waals surface area contributed by atoms with Crippen LogP contribution in [0.25, 0.3) is 20.5 Å². The number of rotatable bonds is 3. The zero-order valence-corrected chi connectivity index (χ0v) is 12.1. The fourth-order valence-corrected chi connectivity index (χ4v) is 3.61. The first kappa shape index (κ1) is 12.4. The smallest absolute Gasteiger partial charge is 0.0400 e. The van der Waals surface area contributed by atoms with Gasteiger partial charge in [0.15, 0.2) is 0 Å². The third kappa shape index (κ3) is 2.42. The van der Waals surface area contributed by atoms with E-state index in [4.69, 9.17) is 0 Å². The molecule has 0 bridgehead atoms. The van der Waals surface area contributed by atoms with E-state index >= 15 is 0 Å². The van der Waals surface area contributed by atoms with E-state index < -0.39 is 0 Å². The van der Waals surface area contributed by atoms with E-state index in [1.54, 1.807) is 0 Å². The Hall–Kier alpha value is -1.64. The maximum absolute atomic E-state index is 2.24. The predicted octanol–water partition coefficient (Wildman–Crippen LogP) is 4.63. The molecular weight excluding hydrogens is 250 g/mol. The van der Waals surface area contributed by atoms with Gasteiger partial charge in [0, 0.05) is 16.1 Å². The van der Waals surface area contributed by atoms with Crippen LogP contribution in [0, 0.1) is 0 Å². The first-order chi connectivity index (χ1) is 9.25. The molecule has 96 valence electrons. The summed E-state index contributed by atoms with van der Waals surface area (Å²) in [5.41, 5.74) is 2.76. The van der Waals surface area contributed by atoms with Crippen LogP contribution in [0.4, 0.5) is 0 Å². The number of hydrogen-bond acceptors (Lipinski definition) is 2. The van der Waals surface area contributed by atoms with E-state index in [1.807, 2.05) is 11.3 Å². The summed E-state index contributed by atoms with van der Waals surface area (Å²) in [6.45, 7) is 0.980. The lowest BCUT2D eigenvalue weighted by Crippen LogP contribution is -2.10. The van der Waals surface area contributed by atoms with Crippen molar-refractivity contribution in [2.24, 2.45) is 0 Å². The van der Waals surface area contributed by atoms with Crippen molar-refractivity contribution in [3.8, 4) is 10.4 Å². The molecule has 0 unspecified atom stereocenters. The first-order valence-electron chi connectivity index (χ1n) is 6.46. The maximum atomic E-state index is 2.24. The number of nitrogens with zero attached hydrogens (tertiary/aromatic N) is 1. The van der Waals surface area contributed by atoms with Gasteiger partial charge in [0.25, 0.3) is 0 Å². The second kappa shape index (κ2) is 5.16. The number of thiophene rings is 1. The minimum atomic E-state index is 0.980. The molecule has 2 heteroatoms. The van der Waals surface area contributed by atoms with Crippen molar-refractivity contribution in [1.29, 1.82) is 0 Å². The van der Waals surface area contributed by atoms with Crippen molar-refractivity contribution in [2.75, 3.05) is 14.1 Å². The van der Waals surface area contributed by atoms with Crippen molar-refractivity contribution in [3.05, 3.63) is 60.2 Å². The van der Waals surface area contributed by atoms with Gasteiger partial charge in [0.05, 0.1) is 0 Å². The standard InChI is InChI=1S/C17H17NS/c1-18(2)12-15-14-10-6-7-11-16(14)19-17(15)13-8-4-3-5-9-13/h3-11H,12H2,1-2H3. The van der Waals surface area contributed by atoms with Crippen LogP contribution in [0.3, 0.4) is 0 Å². The van der Waals surface area contributed by atoms with E-state index in [-0.39, 0.29) is 0 Å². The van der Waals surface area contributed by atoms with Gasteiger partial charge in [-0.05, 0) is 36.7 Å². The Morgan fingerprint density at radius 2 is 1.58 bits per heavy atom. The van der Waals surface area contributed by atoms with Gasteiger partial charge in [-0.25, -0.2) is 0 Å². The zero-order valence-electron chi connectivity index (χ0n) is 11.3. The minimum Gasteiger partial charge on any atom is -0.305 e. The van der Waals surface area contributed by atoms with Crippen LogP contribution in [0.1, 0.15) is 5.56 Å². The second-order valence-electron chi connectivity index (χ2n) is 5.01. The largest absolute Gasteiger partial charge is 0.305 e. The first-order valence-corrected chi connectivity index (χ1v) is 7.28. The van der Waals surface area contributed by atoms with Crippen LogP contribution in [0.5, 0.6) is 0 Å². The van der Waals surface area contributed by atoms with E-state index in [9.17, 15) is 0 Å². The monoisotopic (exact) mass is 267 g/mol. The van der Waals surface area contributed by atoms with E-state index in [1.165, 1.54) is 26.1 Å².